The van der Waals surface area contributed by atoms with E-state index in [1.807, 2.05) is 0 Å². The minimum atomic E-state index is 0.313. The Labute approximate surface area is 120 Å². The molecule has 0 aromatic carbocycles. The maximum atomic E-state index is 5.75. The van der Waals surface area contributed by atoms with Gasteiger partial charge in [-0.2, -0.15) is 4.98 Å². The fourth-order valence-electron chi connectivity index (χ4n) is 3.07. The van der Waals surface area contributed by atoms with E-state index in [1.54, 1.807) is 0 Å². The molecule has 1 aromatic rings. The van der Waals surface area contributed by atoms with Crippen LogP contribution in [0.15, 0.2) is 0 Å². The summed E-state index contributed by atoms with van der Waals surface area (Å²) in [4.78, 5) is 6.88. The highest BCUT2D eigenvalue weighted by atomic mass is 16.5. The summed E-state index contributed by atoms with van der Waals surface area (Å²) in [6, 6.07) is 0. The third-order valence-electron chi connectivity index (χ3n) is 4.45. The molecule has 112 valence electrons. The van der Waals surface area contributed by atoms with Crippen molar-refractivity contribution < 1.29 is 4.74 Å². The minimum absolute atomic E-state index is 0.313. The zero-order chi connectivity index (χ0) is 13.8. The molecule has 0 bridgehead atoms. The van der Waals surface area contributed by atoms with Crippen molar-refractivity contribution in [2.75, 3.05) is 31.1 Å². The van der Waals surface area contributed by atoms with E-state index < -0.39 is 0 Å². The largest absolute Gasteiger partial charge is 0.378 e. The number of hydrogen-bond donors (Lipinski definition) is 2. The molecule has 6 nitrogen and oxygen atoms in total. The number of hydrogen-bond acceptors (Lipinski definition) is 5. The molecule has 0 radical (unpaired) electrons. The van der Waals surface area contributed by atoms with Crippen molar-refractivity contribution >= 4 is 5.95 Å². The van der Waals surface area contributed by atoms with Gasteiger partial charge in [-0.25, -0.2) is 0 Å². The zero-order valence-electron chi connectivity index (χ0n) is 12.1. The Kier molecular flexibility index (Phi) is 4.52. The van der Waals surface area contributed by atoms with E-state index in [9.17, 15) is 0 Å². The average Bonchev–Trinajstić information content (AvgIpc) is 2.97. The number of nitrogens with one attached hydrogen (secondary N) is 1. The maximum Gasteiger partial charge on any atom is 0.244 e. The van der Waals surface area contributed by atoms with Gasteiger partial charge in [0, 0.05) is 26.1 Å². The molecular weight excluding hydrogens is 254 g/mol. The molecule has 20 heavy (non-hydrogen) atoms. The molecule has 0 amide bonds. The normalized spacial score (nSPS) is 25.1. The predicted octanol–water partition coefficient (Wildman–Crippen LogP) is 1.09. The van der Waals surface area contributed by atoms with Crippen molar-refractivity contribution in [2.45, 2.75) is 44.6 Å². The lowest BCUT2D eigenvalue weighted by Gasteiger charge is -2.30. The van der Waals surface area contributed by atoms with E-state index in [1.165, 1.54) is 12.8 Å². The number of ether oxygens (including phenoxy) is 1. The number of H-pyrrole nitrogens is 1. The molecule has 2 aliphatic rings. The van der Waals surface area contributed by atoms with Crippen LogP contribution in [-0.4, -0.2) is 47.5 Å². The number of nitrogens with two attached hydrogens (primary N) is 1. The van der Waals surface area contributed by atoms with Gasteiger partial charge < -0.3 is 15.4 Å². The van der Waals surface area contributed by atoms with Gasteiger partial charge in [0.25, 0.3) is 0 Å². The summed E-state index contributed by atoms with van der Waals surface area (Å²) in [5, 5.41) is 7.43. The Bertz CT molecular complexity index is 407. The Morgan fingerprint density at radius 3 is 2.80 bits per heavy atom. The van der Waals surface area contributed by atoms with Crippen LogP contribution < -0.4 is 10.6 Å². The molecule has 2 fully saturated rings. The number of rotatable bonds is 4. The summed E-state index contributed by atoms with van der Waals surface area (Å²) in [6.45, 7) is 3.71. The lowest BCUT2D eigenvalue weighted by atomic mass is 9.97. The molecular formula is C14H25N5O. The Morgan fingerprint density at radius 1 is 1.25 bits per heavy atom. The molecule has 0 spiro atoms. The van der Waals surface area contributed by atoms with Crippen LogP contribution in [0.5, 0.6) is 0 Å². The van der Waals surface area contributed by atoms with E-state index in [0.717, 1.165) is 63.7 Å². The number of aromatic nitrogens is 3. The van der Waals surface area contributed by atoms with E-state index in [0.29, 0.717) is 12.0 Å². The van der Waals surface area contributed by atoms with Gasteiger partial charge in [0.05, 0.1) is 6.10 Å². The number of anilines is 1. The van der Waals surface area contributed by atoms with Crippen LogP contribution in [0.25, 0.3) is 0 Å². The van der Waals surface area contributed by atoms with Crippen molar-refractivity contribution in [2.24, 2.45) is 11.7 Å². The highest BCUT2D eigenvalue weighted by molar-refractivity contribution is 5.29. The van der Waals surface area contributed by atoms with E-state index in [-0.39, 0.29) is 0 Å². The fourth-order valence-corrected chi connectivity index (χ4v) is 3.07. The summed E-state index contributed by atoms with van der Waals surface area (Å²) in [5.74, 6) is 2.46. The van der Waals surface area contributed by atoms with Gasteiger partial charge in [0.2, 0.25) is 5.95 Å². The Hall–Kier alpha value is -1.14. The third kappa shape index (κ3) is 3.30. The quantitative estimate of drug-likeness (QED) is 0.862. The second kappa shape index (κ2) is 6.54. The Morgan fingerprint density at radius 2 is 2.10 bits per heavy atom. The van der Waals surface area contributed by atoms with Crippen molar-refractivity contribution in [1.29, 1.82) is 0 Å². The summed E-state index contributed by atoms with van der Waals surface area (Å²) >= 11 is 0. The first-order chi connectivity index (χ1) is 9.85. The molecule has 2 saturated heterocycles. The van der Waals surface area contributed by atoms with Gasteiger partial charge in [-0.3, -0.25) is 5.10 Å². The molecule has 0 saturated carbocycles. The first kappa shape index (κ1) is 13.8. The average molecular weight is 279 g/mol. The second-order valence-corrected chi connectivity index (χ2v) is 5.94. The first-order valence-electron chi connectivity index (χ1n) is 7.83. The van der Waals surface area contributed by atoms with Crippen LogP contribution in [0.3, 0.4) is 0 Å². The monoisotopic (exact) mass is 279 g/mol. The van der Waals surface area contributed by atoms with E-state index >= 15 is 0 Å². The maximum absolute atomic E-state index is 5.75. The highest BCUT2D eigenvalue weighted by Gasteiger charge is 2.22. The summed E-state index contributed by atoms with van der Waals surface area (Å²) in [5.41, 5.74) is 5.73. The number of piperidine rings is 1. The molecule has 3 rings (SSSR count). The fraction of sp³-hybridized carbons (Fsp3) is 0.857. The van der Waals surface area contributed by atoms with Crippen LogP contribution in [0.2, 0.25) is 0 Å². The molecule has 3 heterocycles. The third-order valence-corrected chi connectivity index (χ3v) is 4.45. The standard InChI is InChI=1S/C14H25N5O/c15-10-11-4-6-19(7-5-11)14-16-13(17-18-14)9-12-3-1-2-8-20-12/h11-12H,1-10,15H2,(H,16,17,18). The molecule has 3 N–H and O–H groups in total. The van der Waals surface area contributed by atoms with Crippen LogP contribution in [-0.2, 0) is 11.2 Å². The van der Waals surface area contributed by atoms with Gasteiger partial charge >= 0.3 is 0 Å². The zero-order valence-corrected chi connectivity index (χ0v) is 12.1. The van der Waals surface area contributed by atoms with Crippen molar-refractivity contribution in [3.8, 4) is 0 Å². The number of nitrogens with zero attached hydrogens (tertiary/aromatic N) is 3. The van der Waals surface area contributed by atoms with Crippen molar-refractivity contribution in [3.63, 3.8) is 0 Å². The molecule has 2 aliphatic heterocycles. The minimum Gasteiger partial charge on any atom is -0.378 e. The molecule has 1 unspecified atom stereocenters. The van der Waals surface area contributed by atoms with Gasteiger partial charge in [-0.15, -0.1) is 5.10 Å². The molecule has 6 heteroatoms. The van der Waals surface area contributed by atoms with Crippen molar-refractivity contribution in [3.05, 3.63) is 5.82 Å². The molecule has 1 aromatic heterocycles. The first-order valence-corrected chi connectivity index (χ1v) is 7.83. The van der Waals surface area contributed by atoms with Gasteiger partial charge in [-0.1, -0.05) is 0 Å². The van der Waals surface area contributed by atoms with Crippen LogP contribution >= 0.6 is 0 Å². The number of aromatic amines is 1. The van der Waals surface area contributed by atoms with Gasteiger partial charge in [0.1, 0.15) is 5.82 Å². The van der Waals surface area contributed by atoms with Crippen LogP contribution in [0.1, 0.15) is 37.9 Å². The SMILES string of the molecule is NCC1CCN(c2n[nH]c(CC3CCCCO3)n2)CC1. The molecule has 1 atom stereocenters. The smallest absolute Gasteiger partial charge is 0.244 e. The van der Waals surface area contributed by atoms with E-state index in [4.69, 9.17) is 10.5 Å². The lowest BCUT2D eigenvalue weighted by molar-refractivity contribution is 0.0157. The molecule has 0 aliphatic carbocycles. The van der Waals surface area contributed by atoms with Crippen LogP contribution in [0.4, 0.5) is 5.95 Å². The Balaban J connectivity index is 1.54. The van der Waals surface area contributed by atoms with Gasteiger partial charge in [0.15, 0.2) is 0 Å². The van der Waals surface area contributed by atoms with E-state index in [2.05, 4.69) is 20.1 Å². The topological polar surface area (TPSA) is 80.1 Å². The predicted molar refractivity (Wildman–Crippen MR) is 77.7 cm³/mol. The van der Waals surface area contributed by atoms with Crippen molar-refractivity contribution in [1.82, 2.24) is 15.2 Å². The lowest BCUT2D eigenvalue weighted by Crippen LogP contribution is -2.36. The second-order valence-electron chi connectivity index (χ2n) is 5.94. The highest BCUT2D eigenvalue weighted by Crippen LogP contribution is 2.21. The van der Waals surface area contributed by atoms with Crippen LogP contribution in [0, 0.1) is 5.92 Å². The summed E-state index contributed by atoms with van der Waals surface area (Å²) < 4.78 is 5.75. The summed E-state index contributed by atoms with van der Waals surface area (Å²) in [7, 11) is 0. The van der Waals surface area contributed by atoms with Gasteiger partial charge in [-0.05, 0) is 44.6 Å². The summed E-state index contributed by atoms with van der Waals surface area (Å²) in [6.07, 6.45) is 7.04.